The summed E-state index contributed by atoms with van der Waals surface area (Å²) in [5.41, 5.74) is 2.68. The van der Waals surface area contributed by atoms with Crippen LogP contribution in [0.4, 0.5) is 5.82 Å². The van der Waals surface area contributed by atoms with Crippen LogP contribution in [-0.4, -0.2) is 59.5 Å². The van der Waals surface area contributed by atoms with Crippen LogP contribution >= 0.6 is 0 Å². The van der Waals surface area contributed by atoms with Crippen LogP contribution < -0.4 is 4.90 Å². The van der Waals surface area contributed by atoms with Crippen molar-refractivity contribution in [3.8, 4) is 11.4 Å². The van der Waals surface area contributed by atoms with E-state index in [9.17, 15) is 9.59 Å². The molecule has 3 heterocycles. The number of rotatable bonds is 5. The van der Waals surface area contributed by atoms with Gasteiger partial charge >= 0.3 is 5.97 Å². The first kappa shape index (κ1) is 21.3. The molecule has 7 heteroatoms. The number of nitrogens with zero attached hydrogens (tertiary/aromatic N) is 4. The molecule has 0 atom stereocenters. The van der Waals surface area contributed by atoms with E-state index in [1.165, 1.54) is 5.56 Å². The lowest BCUT2D eigenvalue weighted by Crippen LogP contribution is -2.41. The quantitative estimate of drug-likeness (QED) is 0.687. The molecular weight excluding hydrogens is 392 g/mol. The highest BCUT2D eigenvalue weighted by molar-refractivity contribution is 5.99. The van der Waals surface area contributed by atoms with Crippen molar-refractivity contribution in [2.75, 3.05) is 37.7 Å². The van der Waals surface area contributed by atoms with Crippen molar-refractivity contribution in [1.29, 1.82) is 0 Å². The fourth-order valence-electron chi connectivity index (χ4n) is 4.28. The van der Waals surface area contributed by atoms with E-state index in [0.717, 1.165) is 37.3 Å². The number of amides is 1. The van der Waals surface area contributed by atoms with E-state index in [1.807, 2.05) is 43.0 Å². The van der Waals surface area contributed by atoms with Gasteiger partial charge in [-0.25, -0.2) is 9.97 Å². The second kappa shape index (κ2) is 9.45. The van der Waals surface area contributed by atoms with Crippen molar-refractivity contribution in [2.24, 2.45) is 5.92 Å². The highest BCUT2D eigenvalue weighted by Crippen LogP contribution is 2.28. The summed E-state index contributed by atoms with van der Waals surface area (Å²) in [6.45, 7) is 7.14. The third-order valence-corrected chi connectivity index (χ3v) is 6.12. The van der Waals surface area contributed by atoms with Crippen LogP contribution in [0.3, 0.4) is 0 Å². The van der Waals surface area contributed by atoms with Crippen molar-refractivity contribution in [3.05, 3.63) is 41.6 Å². The van der Waals surface area contributed by atoms with E-state index in [4.69, 9.17) is 9.72 Å². The van der Waals surface area contributed by atoms with Gasteiger partial charge in [0.25, 0.3) is 5.91 Å². The van der Waals surface area contributed by atoms with Crippen molar-refractivity contribution >= 4 is 17.7 Å². The zero-order chi connectivity index (χ0) is 21.8. The van der Waals surface area contributed by atoms with Gasteiger partial charge in [0.2, 0.25) is 0 Å². The van der Waals surface area contributed by atoms with Gasteiger partial charge in [-0.15, -0.1) is 0 Å². The molecule has 1 amide bonds. The molecule has 2 fully saturated rings. The summed E-state index contributed by atoms with van der Waals surface area (Å²) < 4.78 is 5.14. The highest BCUT2D eigenvalue weighted by atomic mass is 16.5. The largest absolute Gasteiger partial charge is 0.466 e. The van der Waals surface area contributed by atoms with E-state index in [-0.39, 0.29) is 17.8 Å². The minimum Gasteiger partial charge on any atom is -0.466 e. The van der Waals surface area contributed by atoms with E-state index in [1.54, 1.807) is 6.20 Å². The fraction of sp³-hybridized carbons (Fsp3) is 0.500. The average molecular weight is 423 g/mol. The molecule has 0 aliphatic carbocycles. The first-order valence-electron chi connectivity index (χ1n) is 11.2. The Labute approximate surface area is 183 Å². The zero-order valence-corrected chi connectivity index (χ0v) is 18.3. The van der Waals surface area contributed by atoms with Gasteiger partial charge in [-0.3, -0.25) is 9.59 Å². The second-order valence-electron chi connectivity index (χ2n) is 8.31. The Bertz CT molecular complexity index is 930. The van der Waals surface area contributed by atoms with Crippen molar-refractivity contribution in [3.63, 3.8) is 0 Å². The normalized spacial score (nSPS) is 17.1. The Hall–Kier alpha value is -2.96. The second-order valence-corrected chi connectivity index (χ2v) is 8.31. The molecule has 7 nitrogen and oxygen atoms in total. The van der Waals surface area contributed by atoms with E-state index < -0.39 is 0 Å². The Morgan fingerprint density at radius 3 is 2.39 bits per heavy atom. The van der Waals surface area contributed by atoms with Crippen LogP contribution in [0, 0.1) is 12.8 Å². The molecule has 0 bridgehead atoms. The molecule has 2 aliphatic rings. The minimum absolute atomic E-state index is 0.0559. The Balaban J connectivity index is 1.56. The molecule has 31 heavy (non-hydrogen) atoms. The maximum absolute atomic E-state index is 13.4. The third kappa shape index (κ3) is 4.70. The lowest BCUT2D eigenvalue weighted by molar-refractivity contribution is -0.149. The maximum atomic E-state index is 13.4. The topological polar surface area (TPSA) is 75.6 Å². The summed E-state index contributed by atoms with van der Waals surface area (Å²) in [5, 5.41) is 0. The maximum Gasteiger partial charge on any atom is 0.309 e. The molecule has 2 saturated heterocycles. The van der Waals surface area contributed by atoms with Gasteiger partial charge in [-0.1, -0.05) is 29.8 Å². The standard InChI is InChI=1S/C24H30N4O3/c1-3-31-24(30)19-10-14-28(15-11-19)23(29)20-16-25-21(18-8-6-17(2)7-9-18)26-22(20)27-12-4-5-13-27/h6-9,16,19H,3-5,10-15H2,1-2H3. The first-order valence-corrected chi connectivity index (χ1v) is 11.2. The number of anilines is 1. The number of aromatic nitrogens is 2. The lowest BCUT2D eigenvalue weighted by atomic mass is 9.96. The molecule has 164 valence electrons. The number of esters is 1. The van der Waals surface area contributed by atoms with Gasteiger partial charge in [-0.05, 0) is 39.5 Å². The number of hydrogen-bond donors (Lipinski definition) is 0. The molecule has 0 spiro atoms. The van der Waals surface area contributed by atoms with Crippen LogP contribution in [0.2, 0.25) is 0 Å². The van der Waals surface area contributed by atoms with Crippen LogP contribution in [0.1, 0.15) is 48.5 Å². The molecule has 4 rings (SSSR count). The third-order valence-electron chi connectivity index (χ3n) is 6.12. The smallest absolute Gasteiger partial charge is 0.309 e. The number of piperidine rings is 1. The molecule has 0 unspecified atom stereocenters. The molecule has 0 radical (unpaired) electrons. The first-order chi connectivity index (χ1) is 15.1. The van der Waals surface area contributed by atoms with Crippen LogP contribution in [-0.2, 0) is 9.53 Å². The zero-order valence-electron chi connectivity index (χ0n) is 18.3. The number of benzene rings is 1. The van der Waals surface area contributed by atoms with E-state index in [0.29, 0.717) is 43.9 Å². The molecule has 1 aromatic carbocycles. The predicted octanol–water partition coefficient (Wildman–Crippen LogP) is 3.47. The van der Waals surface area contributed by atoms with Gasteiger partial charge in [-0.2, -0.15) is 0 Å². The fourth-order valence-corrected chi connectivity index (χ4v) is 4.28. The van der Waals surface area contributed by atoms with E-state index >= 15 is 0 Å². The summed E-state index contributed by atoms with van der Waals surface area (Å²) in [4.78, 5) is 38.8. The Kier molecular flexibility index (Phi) is 6.49. The molecular formula is C24H30N4O3. The average Bonchev–Trinajstić information content (AvgIpc) is 3.34. The SMILES string of the molecule is CCOC(=O)C1CCN(C(=O)c2cnc(-c3ccc(C)cc3)nc2N2CCCC2)CC1. The summed E-state index contributed by atoms with van der Waals surface area (Å²) in [5.74, 6) is 1.03. The molecule has 2 aliphatic heterocycles. The monoisotopic (exact) mass is 422 g/mol. The number of aryl methyl sites for hydroxylation is 1. The van der Waals surface area contributed by atoms with Gasteiger partial charge in [0.05, 0.1) is 12.5 Å². The Morgan fingerprint density at radius 1 is 1.06 bits per heavy atom. The van der Waals surface area contributed by atoms with Gasteiger partial charge in [0.1, 0.15) is 11.4 Å². The summed E-state index contributed by atoms with van der Waals surface area (Å²) in [7, 11) is 0. The van der Waals surface area contributed by atoms with Crippen LogP contribution in [0.5, 0.6) is 0 Å². The number of carbonyl (C=O) groups is 2. The summed E-state index contributed by atoms with van der Waals surface area (Å²) in [6, 6.07) is 8.11. The Morgan fingerprint density at radius 2 is 1.74 bits per heavy atom. The van der Waals surface area contributed by atoms with Gasteiger partial charge in [0, 0.05) is 37.9 Å². The predicted molar refractivity (Wildman–Crippen MR) is 119 cm³/mol. The number of ether oxygens (including phenoxy) is 1. The van der Waals surface area contributed by atoms with Crippen molar-refractivity contribution in [2.45, 2.75) is 39.5 Å². The number of hydrogen-bond acceptors (Lipinski definition) is 6. The number of carbonyl (C=O) groups excluding carboxylic acids is 2. The van der Waals surface area contributed by atoms with Crippen molar-refractivity contribution in [1.82, 2.24) is 14.9 Å². The van der Waals surface area contributed by atoms with Gasteiger partial charge in [0.15, 0.2) is 5.82 Å². The van der Waals surface area contributed by atoms with E-state index in [2.05, 4.69) is 9.88 Å². The molecule has 0 saturated carbocycles. The molecule has 0 N–H and O–H groups in total. The van der Waals surface area contributed by atoms with Crippen LogP contribution in [0.25, 0.3) is 11.4 Å². The summed E-state index contributed by atoms with van der Waals surface area (Å²) in [6.07, 6.45) is 5.14. The van der Waals surface area contributed by atoms with Crippen molar-refractivity contribution < 1.29 is 14.3 Å². The lowest BCUT2D eigenvalue weighted by Gasteiger charge is -2.31. The van der Waals surface area contributed by atoms with Gasteiger partial charge < -0.3 is 14.5 Å². The summed E-state index contributed by atoms with van der Waals surface area (Å²) >= 11 is 0. The van der Waals surface area contributed by atoms with Crippen LogP contribution in [0.15, 0.2) is 30.5 Å². The minimum atomic E-state index is -0.155. The molecule has 1 aromatic heterocycles. The number of likely N-dealkylation sites (tertiary alicyclic amines) is 1. The molecule has 2 aromatic rings. The highest BCUT2D eigenvalue weighted by Gasteiger charge is 2.31.